The molecule has 2 aromatic carbocycles. The molecular weight excluding hydrogens is 382 g/mol. The van der Waals surface area contributed by atoms with Gasteiger partial charge in [0.25, 0.3) is 5.91 Å². The normalized spacial score (nSPS) is 15.1. The van der Waals surface area contributed by atoms with Crippen molar-refractivity contribution in [1.82, 2.24) is 24.9 Å². The maximum atomic E-state index is 12.8. The number of benzene rings is 2. The van der Waals surface area contributed by atoms with E-state index in [1.54, 1.807) is 22.2 Å². The van der Waals surface area contributed by atoms with Gasteiger partial charge in [-0.1, -0.05) is 47.7 Å². The molecular formula is C22H21N5OS. The SMILES string of the molecule is O=C(c1cn(Cc2ccccc2)nn1)N1CCC(c2nc3ccccc3s2)CC1. The lowest BCUT2D eigenvalue weighted by molar-refractivity contribution is 0.0707. The summed E-state index contributed by atoms with van der Waals surface area (Å²) in [5, 5.41) is 9.42. The minimum Gasteiger partial charge on any atom is -0.337 e. The Morgan fingerprint density at radius 2 is 1.79 bits per heavy atom. The molecule has 1 saturated heterocycles. The highest BCUT2D eigenvalue weighted by Crippen LogP contribution is 2.34. The minimum atomic E-state index is -0.0351. The van der Waals surface area contributed by atoms with Crippen molar-refractivity contribution in [3.05, 3.63) is 77.1 Å². The molecule has 0 saturated carbocycles. The number of carbonyl (C=O) groups excluding carboxylic acids is 1. The number of piperidine rings is 1. The molecule has 6 nitrogen and oxygen atoms in total. The zero-order valence-corrected chi connectivity index (χ0v) is 16.8. The monoisotopic (exact) mass is 403 g/mol. The molecule has 0 N–H and O–H groups in total. The molecule has 7 heteroatoms. The molecule has 1 aliphatic heterocycles. The summed E-state index contributed by atoms with van der Waals surface area (Å²) in [4.78, 5) is 19.5. The van der Waals surface area contributed by atoms with Crippen LogP contribution in [0.3, 0.4) is 0 Å². The summed E-state index contributed by atoms with van der Waals surface area (Å²) in [5.74, 6) is 0.386. The van der Waals surface area contributed by atoms with Gasteiger partial charge in [0.15, 0.2) is 5.69 Å². The zero-order chi connectivity index (χ0) is 19.6. The van der Waals surface area contributed by atoms with E-state index in [0.29, 0.717) is 18.2 Å². The summed E-state index contributed by atoms with van der Waals surface area (Å²) in [7, 11) is 0. The van der Waals surface area contributed by atoms with E-state index in [0.717, 1.165) is 37.0 Å². The summed E-state index contributed by atoms with van der Waals surface area (Å²) < 4.78 is 2.95. The summed E-state index contributed by atoms with van der Waals surface area (Å²) in [6.07, 6.45) is 3.61. The number of aromatic nitrogens is 4. The molecule has 1 amide bonds. The lowest BCUT2D eigenvalue weighted by Crippen LogP contribution is -2.38. The molecule has 5 rings (SSSR count). The van der Waals surface area contributed by atoms with Crippen LogP contribution < -0.4 is 0 Å². The van der Waals surface area contributed by atoms with Crippen molar-refractivity contribution in [2.24, 2.45) is 0 Å². The first-order chi connectivity index (χ1) is 14.3. The average Bonchev–Trinajstić information content (AvgIpc) is 3.41. The van der Waals surface area contributed by atoms with Gasteiger partial charge in [0.1, 0.15) is 0 Å². The van der Waals surface area contributed by atoms with E-state index in [-0.39, 0.29) is 5.91 Å². The van der Waals surface area contributed by atoms with Crippen LogP contribution in [0.25, 0.3) is 10.2 Å². The summed E-state index contributed by atoms with van der Waals surface area (Å²) in [6.45, 7) is 2.07. The van der Waals surface area contributed by atoms with Gasteiger partial charge >= 0.3 is 0 Å². The Hall–Kier alpha value is -3.06. The number of carbonyl (C=O) groups is 1. The number of amides is 1. The molecule has 146 valence electrons. The van der Waals surface area contributed by atoms with E-state index in [1.807, 2.05) is 41.3 Å². The molecule has 1 fully saturated rings. The van der Waals surface area contributed by atoms with E-state index < -0.39 is 0 Å². The van der Waals surface area contributed by atoms with Gasteiger partial charge in [0.2, 0.25) is 0 Å². The smallest absolute Gasteiger partial charge is 0.276 e. The van der Waals surface area contributed by atoms with Crippen molar-refractivity contribution in [3.63, 3.8) is 0 Å². The van der Waals surface area contributed by atoms with Crippen molar-refractivity contribution in [2.75, 3.05) is 13.1 Å². The van der Waals surface area contributed by atoms with Gasteiger partial charge in [-0.3, -0.25) is 4.79 Å². The Kier molecular flexibility index (Phi) is 4.81. The van der Waals surface area contributed by atoms with Gasteiger partial charge in [-0.2, -0.15) is 0 Å². The first kappa shape index (κ1) is 18.0. The summed E-state index contributed by atoms with van der Waals surface area (Å²) in [6, 6.07) is 18.3. The third-order valence-corrected chi connectivity index (χ3v) is 6.59. The Balaban J connectivity index is 1.22. The lowest BCUT2D eigenvalue weighted by Gasteiger charge is -2.30. The predicted molar refractivity (Wildman–Crippen MR) is 113 cm³/mol. The fourth-order valence-corrected chi connectivity index (χ4v) is 4.94. The Morgan fingerprint density at radius 1 is 1.03 bits per heavy atom. The first-order valence-electron chi connectivity index (χ1n) is 9.85. The van der Waals surface area contributed by atoms with Crippen LogP contribution in [0.5, 0.6) is 0 Å². The number of thiazole rings is 1. The van der Waals surface area contributed by atoms with E-state index in [9.17, 15) is 4.79 Å². The fourth-order valence-electron chi connectivity index (χ4n) is 3.80. The number of hydrogen-bond donors (Lipinski definition) is 0. The Morgan fingerprint density at radius 3 is 2.59 bits per heavy atom. The lowest BCUT2D eigenvalue weighted by atomic mass is 9.97. The van der Waals surface area contributed by atoms with Gasteiger partial charge in [-0.25, -0.2) is 9.67 Å². The van der Waals surface area contributed by atoms with Gasteiger partial charge in [-0.15, -0.1) is 16.4 Å². The van der Waals surface area contributed by atoms with Gasteiger partial charge in [-0.05, 0) is 30.5 Å². The predicted octanol–water partition coefficient (Wildman–Crippen LogP) is 3.96. The molecule has 0 spiro atoms. The highest BCUT2D eigenvalue weighted by atomic mass is 32.1. The largest absolute Gasteiger partial charge is 0.337 e. The number of fused-ring (bicyclic) bond motifs is 1. The molecule has 29 heavy (non-hydrogen) atoms. The maximum absolute atomic E-state index is 12.8. The van der Waals surface area contributed by atoms with Crippen LogP contribution in [-0.4, -0.2) is 43.9 Å². The fraction of sp³-hybridized carbons (Fsp3) is 0.273. The standard InChI is InChI=1S/C22H21N5OS/c28-22(19-15-27(25-24-19)14-16-6-2-1-3-7-16)26-12-10-17(11-13-26)21-23-18-8-4-5-9-20(18)29-21/h1-9,15,17H,10-14H2. The highest BCUT2D eigenvalue weighted by molar-refractivity contribution is 7.18. The van der Waals surface area contributed by atoms with E-state index in [4.69, 9.17) is 4.98 Å². The van der Waals surface area contributed by atoms with E-state index >= 15 is 0 Å². The first-order valence-corrected chi connectivity index (χ1v) is 10.7. The second-order valence-corrected chi connectivity index (χ2v) is 8.44. The molecule has 2 aromatic heterocycles. The molecule has 0 unspecified atom stereocenters. The minimum absolute atomic E-state index is 0.0351. The molecule has 0 atom stereocenters. The molecule has 0 bridgehead atoms. The third-order valence-electron chi connectivity index (χ3n) is 5.39. The van der Waals surface area contributed by atoms with Crippen molar-refractivity contribution < 1.29 is 4.79 Å². The maximum Gasteiger partial charge on any atom is 0.276 e. The molecule has 0 radical (unpaired) electrons. The van der Waals surface area contributed by atoms with Crippen molar-refractivity contribution in [2.45, 2.75) is 25.3 Å². The molecule has 1 aliphatic rings. The Bertz CT molecular complexity index is 1100. The number of nitrogens with zero attached hydrogens (tertiary/aromatic N) is 5. The van der Waals surface area contributed by atoms with Crippen molar-refractivity contribution in [1.29, 1.82) is 0 Å². The van der Waals surface area contributed by atoms with Crippen LogP contribution >= 0.6 is 11.3 Å². The van der Waals surface area contributed by atoms with Crippen molar-refractivity contribution in [3.8, 4) is 0 Å². The van der Waals surface area contributed by atoms with Crippen LogP contribution in [0.15, 0.2) is 60.8 Å². The van der Waals surface area contributed by atoms with Crippen LogP contribution in [-0.2, 0) is 6.54 Å². The highest BCUT2D eigenvalue weighted by Gasteiger charge is 2.27. The summed E-state index contributed by atoms with van der Waals surface area (Å²) >= 11 is 1.77. The Labute approximate surface area is 172 Å². The molecule has 3 heterocycles. The molecule has 4 aromatic rings. The van der Waals surface area contributed by atoms with Gasteiger partial charge < -0.3 is 4.90 Å². The summed E-state index contributed by atoms with van der Waals surface area (Å²) in [5.41, 5.74) is 2.62. The second kappa shape index (κ2) is 7.75. The number of hydrogen-bond acceptors (Lipinski definition) is 5. The second-order valence-electron chi connectivity index (χ2n) is 7.37. The zero-order valence-electron chi connectivity index (χ0n) is 15.9. The number of rotatable bonds is 4. The van der Waals surface area contributed by atoms with Gasteiger partial charge in [0, 0.05) is 19.0 Å². The van der Waals surface area contributed by atoms with E-state index in [2.05, 4.69) is 28.5 Å². The van der Waals surface area contributed by atoms with Crippen LogP contribution in [0.1, 0.15) is 39.8 Å². The third kappa shape index (κ3) is 3.78. The number of para-hydroxylation sites is 1. The van der Waals surface area contributed by atoms with Crippen LogP contribution in [0.4, 0.5) is 0 Å². The average molecular weight is 404 g/mol. The van der Waals surface area contributed by atoms with Gasteiger partial charge in [0.05, 0.1) is 28.0 Å². The van der Waals surface area contributed by atoms with Crippen LogP contribution in [0.2, 0.25) is 0 Å². The van der Waals surface area contributed by atoms with E-state index in [1.165, 1.54) is 9.71 Å². The molecule has 0 aliphatic carbocycles. The van der Waals surface area contributed by atoms with Crippen molar-refractivity contribution >= 4 is 27.5 Å². The topological polar surface area (TPSA) is 63.9 Å². The quantitative estimate of drug-likeness (QED) is 0.517. The number of likely N-dealkylation sites (tertiary alicyclic amines) is 1. The van der Waals surface area contributed by atoms with Crippen LogP contribution in [0, 0.1) is 0 Å².